The molecule has 0 radical (unpaired) electrons. The SMILES string of the molecule is Cc1cc(-c2noc(CN3CCN(c4cnccn4)CC3)n2)ccc1F. The van der Waals surface area contributed by atoms with Gasteiger partial charge in [0.15, 0.2) is 0 Å². The number of halogens is 1. The molecule has 1 aliphatic rings. The van der Waals surface area contributed by atoms with Gasteiger partial charge in [-0.15, -0.1) is 0 Å². The number of hydrogen-bond donors (Lipinski definition) is 0. The Balaban J connectivity index is 1.37. The quantitative estimate of drug-likeness (QED) is 0.712. The fraction of sp³-hybridized carbons (Fsp3) is 0.333. The van der Waals surface area contributed by atoms with Crippen molar-refractivity contribution in [2.24, 2.45) is 0 Å². The molecule has 4 rings (SSSR count). The van der Waals surface area contributed by atoms with E-state index in [9.17, 15) is 4.39 Å². The number of rotatable bonds is 4. The molecule has 3 aromatic rings. The van der Waals surface area contributed by atoms with Crippen LogP contribution < -0.4 is 4.90 Å². The van der Waals surface area contributed by atoms with Crippen LogP contribution in [0.15, 0.2) is 41.3 Å². The third kappa shape index (κ3) is 3.55. The monoisotopic (exact) mass is 354 g/mol. The van der Waals surface area contributed by atoms with Crippen LogP contribution in [0.25, 0.3) is 11.4 Å². The van der Waals surface area contributed by atoms with E-state index in [1.54, 1.807) is 37.6 Å². The van der Waals surface area contributed by atoms with Crippen LogP contribution in [0.3, 0.4) is 0 Å². The lowest BCUT2D eigenvalue weighted by Crippen LogP contribution is -2.46. The summed E-state index contributed by atoms with van der Waals surface area (Å²) in [7, 11) is 0. The average molecular weight is 354 g/mol. The highest BCUT2D eigenvalue weighted by atomic mass is 19.1. The van der Waals surface area contributed by atoms with E-state index in [1.165, 1.54) is 6.07 Å². The van der Waals surface area contributed by atoms with E-state index >= 15 is 0 Å². The molecule has 0 amide bonds. The molecule has 0 unspecified atom stereocenters. The molecular weight excluding hydrogens is 335 g/mol. The van der Waals surface area contributed by atoms with E-state index in [0.29, 0.717) is 23.8 Å². The van der Waals surface area contributed by atoms with Crippen LogP contribution in [0, 0.1) is 12.7 Å². The topological polar surface area (TPSA) is 71.2 Å². The maximum atomic E-state index is 13.4. The Morgan fingerprint density at radius 1 is 1.15 bits per heavy atom. The van der Waals surface area contributed by atoms with Crippen molar-refractivity contribution in [1.29, 1.82) is 0 Å². The minimum atomic E-state index is -0.238. The van der Waals surface area contributed by atoms with Gasteiger partial charge in [0.05, 0.1) is 12.7 Å². The fourth-order valence-corrected chi connectivity index (χ4v) is 3.00. The van der Waals surface area contributed by atoms with Gasteiger partial charge in [0.1, 0.15) is 11.6 Å². The first-order valence-electron chi connectivity index (χ1n) is 8.51. The molecule has 8 heteroatoms. The van der Waals surface area contributed by atoms with Crippen LogP contribution >= 0.6 is 0 Å². The molecule has 0 saturated carbocycles. The summed E-state index contributed by atoms with van der Waals surface area (Å²) >= 11 is 0. The van der Waals surface area contributed by atoms with Crippen molar-refractivity contribution in [3.63, 3.8) is 0 Å². The van der Waals surface area contributed by atoms with Gasteiger partial charge in [0.25, 0.3) is 0 Å². The maximum absolute atomic E-state index is 13.4. The first-order chi connectivity index (χ1) is 12.7. The molecule has 0 atom stereocenters. The Hall–Kier alpha value is -2.87. The minimum absolute atomic E-state index is 0.238. The predicted molar refractivity (Wildman–Crippen MR) is 94.0 cm³/mol. The van der Waals surface area contributed by atoms with Crippen LogP contribution in [-0.4, -0.2) is 51.2 Å². The van der Waals surface area contributed by atoms with Gasteiger partial charge in [-0.1, -0.05) is 5.16 Å². The largest absolute Gasteiger partial charge is 0.353 e. The lowest BCUT2D eigenvalue weighted by atomic mass is 10.1. The second-order valence-corrected chi connectivity index (χ2v) is 6.30. The van der Waals surface area contributed by atoms with Crippen molar-refractivity contribution in [3.05, 3.63) is 54.1 Å². The Morgan fingerprint density at radius 3 is 2.73 bits per heavy atom. The minimum Gasteiger partial charge on any atom is -0.353 e. The van der Waals surface area contributed by atoms with Crippen molar-refractivity contribution in [1.82, 2.24) is 25.0 Å². The van der Waals surface area contributed by atoms with Crippen LogP contribution in [-0.2, 0) is 6.54 Å². The van der Waals surface area contributed by atoms with Crippen LogP contribution in [0.5, 0.6) is 0 Å². The third-order valence-electron chi connectivity index (χ3n) is 4.49. The summed E-state index contributed by atoms with van der Waals surface area (Å²) in [6.07, 6.45) is 5.17. The second kappa shape index (κ2) is 7.17. The molecule has 2 aromatic heterocycles. The van der Waals surface area contributed by atoms with Gasteiger partial charge in [0.2, 0.25) is 11.7 Å². The molecule has 0 aliphatic carbocycles. The van der Waals surface area contributed by atoms with Gasteiger partial charge in [-0.3, -0.25) is 9.88 Å². The molecule has 134 valence electrons. The normalized spacial score (nSPS) is 15.4. The Labute approximate surface area is 150 Å². The van der Waals surface area contributed by atoms with E-state index < -0.39 is 0 Å². The van der Waals surface area contributed by atoms with Gasteiger partial charge >= 0.3 is 0 Å². The van der Waals surface area contributed by atoms with Gasteiger partial charge in [-0.2, -0.15) is 4.98 Å². The molecule has 7 nitrogen and oxygen atoms in total. The maximum Gasteiger partial charge on any atom is 0.241 e. The number of hydrogen-bond acceptors (Lipinski definition) is 7. The van der Waals surface area contributed by atoms with E-state index in [2.05, 4.69) is 29.9 Å². The number of piperazine rings is 1. The average Bonchev–Trinajstić information content (AvgIpc) is 3.14. The fourth-order valence-electron chi connectivity index (χ4n) is 3.00. The summed E-state index contributed by atoms with van der Waals surface area (Å²) in [6.45, 7) is 5.82. The van der Waals surface area contributed by atoms with Crippen LogP contribution in [0.1, 0.15) is 11.5 Å². The van der Waals surface area contributed by atoms with E-state index in [0.717, 1.165) is 37.6 Å². The summed E-state index contributed by atoms with van der Waals surface area (Å²) in [5.74, 6) is 1.72. The lowest BCUT2D eigenvalue weighted by Gasteiger charge is -2.34. The van der Waals surface area contributed by atoms with Crippen molar-refractivity contribution in [2.45, 2.75) is 13.5 Å². The molecule has 1 aliphatic heterocycles. The zero-order valence-corrected chi connectivity index (χ0v) is 14.5. The standard InChI is InChI=1S/C18H19FN6O/c1-13-10-14(2-3-15(13)19)18-22-17(26-23-18)12-24-6-8-25(9-7-24)16-11-20-4-5-21-16/h2-5,10-11H,6-9,12H2,1H3. The number of anilines is 1. The predicted octanol–water partition coefficient (Wildman–Crippen LogP) is 2.30. The van der Waals surface area contributed by atoms with Gasteiger partial charge < -0.3 is 9.42 Å². The van der Waals surface area contributed by atoms with Crippen LogP contribution in [0.4, 0.5) is 10.2 Å². The van der Waals surface area contributed by atoms with E-state index in [1.807, 2.05) is 0 Å². The summed E-state index contributed by atoms with van der Waals surface area (Å²) in [5.41, 5.74) is 1.32. The first-order valence-corrected chi connectivity index (χ1v) is 8.51. The highest BCUT2D eigenvalue weighted by Gasteiger charge is 2.20. The zero-order chi connectivity index (χ0) is 17.9. The molecule has 0 spiro atoms. The molecule has 0 bridgehead atoms. The van der Waals surface area contributed by atoms with Crippen molar-refractivity contribution >= 4 is 5.82 Å². The summed E-state index contributed by atoms with van der Waals surface area (Å²) < 4.78 is 18.8. The van der Waals surface area contributed by atoms with Gasteiger partial charge in [-0.05, 0) is 30.7 Å². The smallest absolute Gasteiger partial charge is 0.241 e. The van der Waals surface area contributed by atoms with Crippen LogP contribution in [0.2, 0.25) is 0 Å². The number of benzene rings is 1. The van der Waals surface area contributed by atoms with Gasteiger partial charge in [-0.25, -0.2) is 9.37 Å². The van der Waals surface area contributed by atoms with E-state index in [4.69, 9.17) is 4.52 Å². The Morgan fingerprint density at radius 2 is 2.00 bits per heavy atom. The Bertz CT molecular complexity index is 876. The number of nitrogens with zero attached hydrogens (tertiary/aromatic N) is 6. The van der Waals surface area contributed by atoms with Gasteiger partial charge in [0, 0.05) is 44.1 Å². The third-order valence-corrected chi connectivity index (χ3v) is 4.49. The zero-order valence-electron chi connectivity index (χ0n) is 14.5. The molecule has 0 N–H and O–H groups in total. The summed E-state index contributed by atoms with van der Waals surface area (Å²) in [6, 6.07) is 4.81. The molecule has 1 aromatic carbocycles. The highest BCUT2D eigenvalue weighted by molar-refractivity contribution is 5.55. The molecule has 26 heavy (non-hydrogen) atoms. The van der Waals surface area contributed by atoms with Crippen molar-refractivity contribution in [3.8, 4) is 11.4 Å². The summed E-state index contributed by atoms with van der Waals surface area (Å²) in [4.78, 5) is 17.4. The van der Waals surface area contributed by atoms with Crippen molar-refractivity contribution in [2.75, 3.05) is 31.1 Å². The molecule has 1 fully saturated rings. The van der Waals surface area contributed by atoms with E-state index in [-0.39, 0.29) is 5.82 Å². The molecule has 1 saturated heterocycles. The molecule has 3 heterocycles. The highest BCUT2D eigenvalue weighted by Crippen LogP contribution is 2.20. The second-order valence-electron chi connectivity index (χ2n) is 6.30. The number of aryl methyl sites for hydroxylation is 1. The lowest BCUT2D eigenvalue weighted by molar-refractivity contribution is 0.215. The Kier molecular flexibility index (Phi) is 4.57. The summed E-state index contributed by atoms with van der Waals surface area (Å²) in [5, 5.41) is 4.02. The first kappa shape index (κ1) is 16.6. The van der Waals surface area contributed by atoms with Crippen molar-refractivity contribution < 1.29 is 8.91 Å². The molecular formula is C18H19FN6O. The number of aromatic nitrogens is 4.